The summed E-state index contributed by atoms with van der Waals surface area (Å²) in [4.78, 5) is 22.5. The Kier molecular flexibility index (Phi) is 7.34. The zero-order valence-electron chi connectivity index (χ0n) is 10.5. The van der Waals surface area contributed by atoms with Gasteiger partial charge in [-0.25, -0.2) is 9.59 Å². The predicted octanol–water partition coefficient (Wildman–Crippen LogP) is 1.24. The number of nitrogens with one attached hydrogen (secondary N) is 2. The molecule has 7 heteroatoms. The highest BCUT2D eigenvalue weighted by atomic mass is 32.2. The third kappa shape index (κ3) is 5.86. The van der Waals surface area contributed by atoms with Gasteiger partial charge < -0.3 is 15.7 Å². The first-order chi connectivity index (χ1) is 8.63. The van der Waals surface area contributed by atoms with Gasteiger partial charge in [-0.05, 0) is 42.3 Å². The van der Waals surface area contributed by atoms with Gasteiger partial charge in [-0.1, -0.05) is 0 Å². The van der Waals surface area contributed by atoms with Gasteiger partial charge in [0.25, 0.3) is 0 Å². The Hall–Kier alpha value is -0.560. The molecule has 18 heavy (non-hydrogen) atoms. The molecule has 0 bridgehead atoms. The lowest BCUT2D eigenvalue weighted by Gasteiger charge is -2.16. The fourth-order valence-electron chi connectivity index (χ4n) is 1.68. The van der Waals surface area contributed by atoms with Gasteiger partial charge in [-0.15, -0.1) is 0 Å². The number of carboxylic acid groups (broad SMARTS) is 1. The lowest BCUT2D eigenvalue weighted by molar-refractivity contribution is -0.139. The van der Waals surface area contributed by atoms with Gasteiger partial charge in [0.15, 0.2) is 0 Å². The number of hydrogen-bond acceptors (Lipinski definition) is 4. The first-order valence-corrected chi connectivity index (χ1v) is 8.52. The van der Waals surface area contributed by atoms with Crippen molar-refractivity contribution >= 4 is 35.5 Å². The van der Waals surface area contributed by atoms with E-state index in [-0.39, 0.29) is 6.03 Å². The lowest BCUT2D eigenvalue weighted by atomic mass is 10.1. The molecule has 5 nitrogen and oxygen atoms in total. The van der Waals surface area contributed by atoms with Crippen molar-refractivity contribution in [3.05, 3.63) is 0 Å². The topological polar surface area (TPSA) is 78.4 Å². The summed E-state index contributed by atoms with van der Waals surface area (Å²) in [6.07, 6.45) is 3.49. The summed E-state index contributed by atoms with van der Waals surface area (Å²) in [5, 5.41) is 14.2. The molecule has 0 saturated carbocycles. The number of amides is 2. The van der Waals surface area contributed by atoms with Crippen molar-refractivity contribution < 1.29 is 14.7 Å². The van der Waals surface area contributed by atoms with E-state index in [1.165, 1.54) is 0 Å². The normalized spacial score (nSPS) is 20.4. The second kappa shape index (κ2) is 8.53. The summed E-state index contributed by atoms with van der Waals surface area (Å²) in [5.41, 5.74) is 0. The van der Waals surface area contributed by atoms with E-state index in [9.17, 15) is 9.59 Å². The first-order valence-electron chi connectivity index (χ1n) is 5.97. The van der Waals surface area contributed by atoms with Crippen LogP contribution >= 0.6 is 23.5 Å². The molecule has 1 rings (SSSR count). The van der Waals surface area contributed by atoms with Crippen LogP contribution in [0.3, 0.4) is 0 Å². The predicted molar refractivity (Wildman–Crippen MR) is 76.4 cm³/mol. The Labute approximate surface area is 116 Å². The number of rotatable bonds is 7. The van der Waals surface area contributed by atoms with Crippen LogP contribution in [0.2, 0.25) is 0 Å². The molecule has 0 radical (unpaired) electrons. The number of carbonyl (C=O) groups excluding carboxylic acids is 1. The molecule has 1 aliphatic heterocycles. The van der Waals surface area contributed by atoms with Crippen molar-refractivity contribution in [3.8, 4) is 0 Å². The van der Waals surface area contributed by atoms with Crippen LogP contribution in [0.5, 0.6) is 0 Å². The molecule has 2 atom stereocenters. The van der Waals surface area contributed by atoms with E-state index >= 15 is 0 Å². The summed E-state index contributed by atoms with van der Waals surface area (Å²) in [6.45, 7) is 0.633. The molecule has 1 aliphatic rings. The molecule has 0 spiro atoms. The standard InChI is InChI=1S/C11H20N2O3S2/c1-17-4-3-9(10(14)15)13-11(16)12-6-8-2-5-18-7-8/h8-9H,2-7H2,1H3,(H,14,15)(H2,12,13,16)/t8?,9-/m0/s1. The number of urea groups is 1. The van der Waals surface area contributed by atoms with Crippen molar-refractivity contribution in [2.24, 2.45) is 5.92 Å². The third-order valence-electron chi connectivity index (χ3n) is 2.79. The van der Waals surface area contributed by atoms with E-state index in [2.05, 4.69) is 10.6 Å². The van der Waals surface area contributed by atoms with Crippen LogP contribution < -0.4 is 10.6 Å². The fraction of sp³-hybridized carbons (Fsp3) is 0.818. The Balaban J connectivity index is 2.24. The van der Waals surface area contributed by atoms with Gasteiger partial charge in [-0.3, -0.25) is 0 Å². The zero-order chi connectivity index (χ0) is 13.4. The number of carboxylic acids is 1. The van der Waals surface area contributed by atoms with E-state index in [1.54, 1.807) is 11.8 Å². The molecule has 0 aromatic heterocycles. The van der Waals surface area contributed by atoms with Crippen LogP contribution in [0, 0.1) is 5.92 Å². The molecule has 3 N–H and O–H groups in total. The SMILES string of the molecule is CSCC[C@H](NC(=O)NCC1CCSC1)C(=O)O. The van der Waals surface area contributed by atoms with E-state index in [4.69, 9.17) is 5.11 Å². The first kappa shape index (κ1) is 15.5. The Morgan fingerprint density at radius 3 is 2.89 bits per heavy atom. The summed E-state index contributed by atoms with van der Waals surface area (Å²) >= 11 is 3.47. The van der Waals surface area contributed by atoms with Crippen LogP contribution in [0.1, 0.15) is 12.8 Å². The monoisotopic (exact) mass is 292 g/mol. The van der Waals surface area contributed by atoms with Crippen molar-refractivity contribution in [2.45, 2.75) is 18.9 Å². The number of aliphatic carboxylic acids is 1. The minimum Gasteiger partial charge on any atom is -0.480 e. The zero-order valence-corrected chi connectivity index (χ0v) is 12.1. The van der Waals surface area contributed by atoms with Crippen molar-refractivity contribution in [1.29, 1.82) is 0 Å². The molecule has 0 aliphatic carbocycles. The fourth-order valence-corrected chi connectivity index (χ4v) is 3.44. The van der Waals surface area contributed by atoms with Gasteiger partial charge in [0.1, 0.15) is 6.04 Å². The lowest BCUT2D eigenvalue weighted by Crippen LogP contribution is -2.47. The molecule has 1 saturated heterocycles. The van der Waals surface area contributed by atoms with Gasteiger partial charge in [-0.2, -0.15) is 23.5 Å². The number of hydrogen-bond donors (Lipinski definition) is 3. The average Bonchev–Trinajstić information content (AvgIpc) is 2.84. The highest BCUT2D eigenvalue weighted by molar-refractivity contribution is 7.99. The molecule has 1 fully saturated rings. The van der Waals surface area contributed by atoms with Crippen LogP contribution in [0.25, 0.3) is 0 Å². The van der Waals surface area contributed by atoms with Crippen LogP contribution in [0.15, 0.2) is 0 Å². The van der Waals surface area contributed by atoms with Crippen LogP contribution in [0.4, 0.5) is 4.79 Å². The molecule has 2 amide bonds. The van der Waals surface area contributed by atoms with Gasteiger partial charge >= 0.3 is 12.0 Å². The number of thioether (sulfide) groups is 2. The summed E-state index contributed by atoms with van der Waals surface area (Å²) in [6, 6.07) is -1.17. The minimum atomic E-state index is -0.976. The van der Waals surface area contributed by atoms with E-state index in [1.807, 2.05) is 18.0 Å². The molecule has 104 valence electrons. The average molecular weight is 292 g/mol. The van der Waals surface area contributed by atoms with Crippen LogP contribution in [-0.2, 0) is 4.79 Å². The molecule has 0 aromatic carbocycles. The Morgan fingerprint density at radius 2 is 2.33 bits per heavy atom. The Morgan fingerprint density at radius 1 is 1.56 bits per heavy atom. The second-order valence-electron chi connectivity index (χ2n) is 4.26. The highest BCUT2D eigenvalue weighted by Gasteiger charge is 2.20. The molecular weight excluding hydrogens is 272 g/mol. The summed E-state index contributed by atoms with van der Waals surface area (Å²) in [7, 11) is 0. The van der Waals surface area contributed by atoms with Crippen molar-refractivity contribution in [1.82, 2.24) is 10.6 Å². The smallest absolute Gasteiger partial charge is 0.326 e. The van der Waals surface area contributed by atoms with E-state index in [0.717, 1.165) is 23.7 Å². The largest absolute Gasteiger partial charge is 0.480 e. The number of carbonyl (C=O) groups is 2. The van der Waals surface area contributed by atoms with Crippen molar-refractivity contribution in [3.63, 3.8) is 0 Å². The van der Waals surface area contributed by atoms with Gasteiger partial charge in [0, 0.05) is 6.54 Å². The van der Waals surface area contributed by atoms with Crippen molar-refractivity contribution in [2.75, 3.05) is 30.1 Å². The molecule has 0 aromatic rings. The quantitative estimate of drug-likeness (QED) is 0.658. The van der Waals surface area contributed by atoms with E-state index in [0.29, 0.717) is 18.9 Å². The molecule has 1 heterocycles. The van der Waals surface area contributed by atoms with Gasteiger partial charge in [0.05, 0.1) is 0 Å². The van der Waals surface area contributed by atoms with Gasteiger partial charge in [0.2, 0.25) is 0 Å². The second-order valence-corrected chi connectivity index (χ2v) is 6.39. The van der Waals surface area contributed by atoms with E-state index < -0.39 is 12.0 Å². The third-order valence-corrected chi connectivity index (χ3v) is 4.66. The maximum absolute atomic E-state index is 11.6. The maximum atomic E-state index is 11.6. The maximum Gasteiger partial charge on any atom is 0.326 e. The van der Waals surface area contributed by atoms with Crippen LogP contribution in [-0.4, -0.2) is 53.2 Å². The summed E-state index contributed by atoms with van der Waals surface area (Å²) in [5.74, 6) is 2.50. The minimum absolute atomic E-state index is 0.375. The Bertz CT molecular complexity index is 283. The summed E-state index contributed by atoms with van der Waals surface area (Å²) < 4.78 is 0. The highest BCUT2D eigenvalue weighted by Crippen LogP contribution is 2.22. The molecular formula is C11H20N2O3S2. The molecule has 1 unspecified atom stereocenters.